The first-order valence-electron chi connectivity index (χ1n) is 9.82. The fourth-order valence-corrected chi connectivity index (χ4v) is 3.65. The predicted molar refractivity (Wildman–Crippen MR) is 110 cm³/mol. The van der Waals surface area contributed by atoms with E-state index in [2.05, 4.69) is 51.5 Å². The van der Waals surface area contributed by atoms with Gasteiger partial charge in [0.15, 0.2) is 0 Å². The molecule has 1 amide bonds. The summed E-state index contributed by atoms with van der Waals surface area (Å²) < 4.78 is 7.15. The zero-order valence-corrected chi connectivity index (χ0v) is 16.5. The average Bonchev–Trinajstić information content (AvgIpc) is 3.30. The molecule has 1 aromatic heterocycles. The standard InChI is InChI=1S/C22H25N5O2/c1-17-4-2-5-18(12-17)21(26-8-10-29-11-9-26)14-24-22(28)19-6-3-7-20(13-19)27-16-23-15-25-27/h2-7,12-13,15-16,21H,8-11,14H2,1H3,(H,24,28). The predicted octanol–water partition coefficient (Wildman–Crippen LogP) is 2.38. The SMILES string of the molecule is Cc1cccc(C(CNC(=O)c2cccc(-n3cncn3)c2)N2CCOCC2)c1. The molecule has 0 aliphatic carbocycles. The molecule has 0 bridgehead atoms. The lowest BCUT2D eigenvalue weighted by atomic mass is 10.0. The highest BCUT2D eigenvalue weighted by molar-refractivity contribution is 5.94. The second-order valence-electron chi connectivity index (χ2n) is 7.18. The van der Waals surface area contributed by atoms with Gasteiger partial charge in [0.1, 0.15) is 12.7 Å². The Kier molecular flexibility index (Phi) is 5.97. The van der Waals surface area contributed by atoms with Crippen molar-refractivity contribution in [2.24, 2.45) is 0 Å². The Labute approximate surface area is 170 Å². The maximum atomic E-state index is 12.9. The third kappa shape index (κ3) is 4.70. The topological polar surface area (TPSA) is 72.3 Å². The second-order valence-corrected chi connectivity index (χ2v) is 7.18. The zero-order valence-electron chi connectivity index (χ0n) is 16.5. The average molecular weight is 391 g/mol. The molecule has 7 heteroatoms. The molecule has 2 aromatic carbocycles. The number of hydrogen-bond acceptors (Lipinski definition) is 5. The van der Waals surface area contributed by atoms with Crippen LogP contribution in [0.15, 0.2) is 61.2 Å². The molecule has 1 unspecified atom stereocenters. The molecule has 3 aromatic rings. The van der Waals surface area contributed by atoms with E-state index in [1.807, 2.05) is 24.3 Å². The van der Waals surface area contributed by atoms with E-state index in [0.29, 0.717) is 12.1 Å². The van der Waals surface area contributed by atoms with Crippen molar-refractivity contribution >= 4 is 5.91 Å². The molecule has 0 saturated carbocycles. The zero-order chi connectivity index (χ0) is 20.1. The van der Waals surface area contributed by atoms with Crippen molar-refractivity contribution in [1.82, 2.24) is 25.0 Å². The van der Waals surface area contributed by atoms with Crippen LogP contribution in [0, 0.1) is 6.92 Å². The third-order valence-corrected chi connectivity index (χ3v) is 5.16. The summed E-state index contributed by atoms with van der Waals surface area (Å²) in [4.78, 5) is 19.2. The summed E-state index contributed by atoms with van der Waals surface area (Å²) in [6.45, 7) is 5.78. The highest BCUT2D eigenvalue weighted by atomic mass is 16.5. The number of ether oxygens (including phenoxy) is 1. The minimum Gasteiger partial charge on any atom is -0.379 e. The van der Waals surface area contributed by atoms with Crippen LogP contribution in [0.3, 0.4) is 0 Å². The highest BCUT2D eigenvalue weighted by Gasteiger charge is 2.23. The summed E-state index contributed by atoms with van der Waals surface area (Å²) in [5.74, 6) is -0.0992. The van der Waals surface area contributed by atoms with Crippen molar-refractivity contribution in [2.45, 2.75) is 13.0 Å². The van der Waals surface area contributed by atoms with Crippen LogP contribution in [0.2, 0.25) is 0 Å². The summed E-state index contributed by atoms with van der Waals surface area (Å²) in [7, 11) is 0. The molecule has 150 valence electrons. The van der Waals surface area contributed by atoms with Crippen molar-refractivity contribution in [3.63, 3.8) is 0 Å². The molecule has 1 fully saturated rings. The van der Waals surface area contributed by atoms with Crippen LogP contribution < -0.4 is 5.32 Å². The molecule has 4 rings (SSSR count). The van der Waals surface area contributed by atoms with Crippen LogP contribution in [0.25, 0.3) is 5.69 Å². The lowest BCUT2D eigenvalue weighted by Gasteiger charge is -2.35. The van der Waals surface area contributed by atoms with E-state index in [0.717, 1.165) is 32.0 Å². The molecule has 1 aliphatic heterocycles. The number of amides is 1. The van der Waals surface area contributed by atoms with Crippen molar-refractivity contribution in [3.05, 3.63) is 77.9 Å². The number of carbonyl (C=O) groups is 1. The summed E-state index contributed by atoms with van der Waals surface area (Å²) >= 11 is 0. The van der Waals surface area contributed by atoms with E-state index < -0.39 is 0 Å². The molecule has 1 saturated heterocycles. The molecule has 29 heavy (non-hydrogen) atoms. The van der Waals surface area contributed by atoms with Gasteiger partial charge >= 0.3 is 0 Å². The Balaban J connectivity index is 1.49. The molecule has 1 atom stereocenters. The number of nitrogens with one attached hydrogen (secondary N) is 1. The van der Waals surface area contributed by atoms with E-state index in [-0.39, 0.29) is 11.9 Å². The second kappa shape index (κ2) is 8.98. The molecular formula is C22H25N5O2. The molecule has 0 radical (unpaired) electrons. The number of aryl methyl sites for hydroxylation is 1. The Hall–Kier alpha value is -3.03. The molecule has 1 aliphatic rings. The quantitative estimate of drug-likeness (QED) is 0.699. The van der Waals surface area contributed by atoms with E-state index in [1.54, 1.807) is 11.0 Å². The number of carbonyl (C=O) groups excluding carboxylic acids is 1. The van der Waals surface area contributed by atoms with E-state index in [1.165, 1.54) is 17.5 Å². The highest BCUT2D eigenvalue weighted by Crippen LogP contribution is 2.22. The summed E-state index contributed by atoms with van der Waals surface area (Å²) in [6.07, 6.45) is 3.09. The molecule has 7 nitrogen and oxygen atoms in total. The smallest absolute Gasteiger partial charge is 0.251 e. The van der Waals surface area contributed by atoms with Gasteiger partial charge in [-0.05, 0) is 30.7 Å². The van der Waals surface area contributed by atoms with Crippen molar-refractivity contribution in [3.8, 4) is 5.69 Å². The molecule has 1 N–H and O–H groups in total. The Morgan fingerprint density at radius 1 is 1.17 bits per heavy atom. The number of rotatable bonds is 6. The minimum atomic E-state index is -0.0992. The summed E-state index contributed by atoms with van der Waals surface area (Å²) in [5, 5.41) is 7.25. The fourth-order valence-electron chi connectivity index (χ4n) is 3.65. The van der Waals surface area contributed by atoms with E-state index in [4.69, 9.17) is 4.74 Å². The van der Waals surface area contributed by atoms with E-state index in [9.17, 15) is 4.79 Å². The molecular weight excluding hydrogens is 366 g/mol. The normalized spacial score (nSPS) is 15.8. The van der Waals surface area contributed by atoms with Crippen molar-refractivity contribution in [1.29, 1.82) is 0 Å². The van der Waals surface area contributed by atoms with Crippen LogP contribution in [-0.4, -0.2) is 58.4 Å². The first-order chi connectivity index (χ1) is 14.2. The van der Waals surface area contributed by atoms with Gasteiger partial charge in [-0.15, -0.1) is 0 Å². The van der Waals surface area contributed by atoms with Crippen LogP contribution >= 0.6 is 0 Å². The first-order valence-corrected chi connectivity index (χ1v) is 9.82. The fraction of sp³-hybridized carbons (Fsp3) is 0.318. The third-order valence-electron chi connectivity index (χ3n) is 5.16. The summed E-state index contributed by atoms with van der Waals surface area (Å²) in [6, 6.07) is 16.0. The first kappa shape index (κ1) is 19.3. The van der Waals surface area contributed by atoms with Crippen molar-refractivity contribution in [2.75, 3.05) is 32.8 Å². The van der Waals surface area contributed by atoms with Gasteiger partial charge in [-0.1, -0.05) is 35.9 Å². The minimum absolute atomic E-state index is 0.0992. The van der Waals surface area contributed by atoms with Gasteiger partial charge in [0.2, 0.25) is 0 Å². The maximum absolute atomic E-state index is 12.9. The van der Waals surface area contributed by atoms with Crippen LogP contribution in [0.5, 0.6) is 0 Å². The van der Waals surface area contributed by atoms with Gasteiger partial charge in [-0.3, -0.25) is 9.69 Å². The number of aromatic nitrogens is 3. The monoisotopic (exact) mass is 391 g/mol. The van der Waals surface area contributed by atoms with Gasteiger partial charge in [-0.25, -0.2) is 9.67 Å². The van der Waals surface area contributed by atoms with Gasteiger partial charge in [0.05, 0.1) is 24.9 Å². The molecule has 0 spiro atoms. The van der Waals surface area contributed by atoms with E-state index >= 15 is 0 Å². The van der Waals surface area contributed by atoms with Crippen LogP contribution in [0.4, 0.5) is 0 Å². The largest absolute Gasteiger partial charge is 0.379 e. The maximum Gasteiger partial charge on any atom is 0.251 e. The van der Waals surface area contributed by atoms with Crippen LogP contribution in [-0.2, 0) is 4.74 Å². The lowest BCUT2D eigenvalue weighted by molar-refractivity contribution is 0.0162. The van der Waals surface area contributed by atoms with Crippen molar-refractivity contribution < 1.29 is 9.53 Å². The Morgan fingerprint density at radius 2 is 2.00 bits per heavy atom. The Morgan fingerprint density at radius 3 is 2.76 bits per heavy atom. The Bertz CT molecular complexity index is 951. The van der Waals surface area contributed by atoms with Gasteiger partial charge in [0, 0.05) is 25.2 Å². The van der Waals surface area contributed by atoms with Gasteiger partial charge in [0.25, 0.3) is 5.91 Å². The van der Waals surface area contributed by atoms with Gasteiger partial charge in [-0.2, -0.15) is 5.10 Å². The number of morpholine rings is 1. The summed E-state index contributed by atoms with van der Waals surface area (Å²) in [5.41, 5.74) is 3.83. The number of hydrogen-bond donors (Lipinski definition) is 1. The van der Waals surface area contributed by atoms with Gasteiger partial charge < -0.3 is 10.1 Å². The lowest BCUT2D eigenvalue weighted by Crippen LogP contribution is -2.43. The number of nitrogens with zero attached hydrogens (tertiary/aromatic N) is 4. The number of benzene rings is 2. The van der Waals surface area contributed by atoms with Crippen LogP contribution in [0.1, 0.15) is 27.5 Å². The molecule has 2 heterocycles.